The summed E-state index contributed by atoms with van der Waals surface area (Å²) in [6.07, 6.45) is 2.32. The molecule has 0 aromatic carbocycles. The Bertz CT molecular complexity index is 670. The van der Waals surface area contributed by atoms with Gasteiger partial charge < -0.3 is 5.73 Å². The molecule has 0 saturated heterocycles. The number of nitrogens with one attached hydrogen (secondary N) is 1. The number of hydrogen-bond acceptors (Lipinski definition) is 6. The van der Waals surface area contributed by atoms with Crippen LogP contribution in [0.15, 0.2) is 35.5 Å². The van der Waals surface area contributed by atoms with Crippen molar-refractivity contribution in [2.45, 2.75) is 18.4 Å². The van der Waals surface area contributed by atoms with Crippen molar-refractivity contribution >= 4 is 16.0 Å². The van der Waals surface area contributed by atoms with E-state index in [4.69, 9.17) is 5.73 Å². The molecule has 7 nitrogen and oxygen atoms in total. The van der Waals surface area contributed by atoms with E-state index >= 15 is 0 Å². The first-order valence-corrected chi connectivity index (χ1v) is 6.95. The van der Waals surface area contributed by atoms with Gasteiger partial charge in [-0.25, -0.2) is 23.1 Å². The average Bonchev–Trinajstić information content (AvgIpc) is 2.37. The highest BCUT2D eigenvalue weighted by atomic mass is 32.2. The third kappa shape index (κ3) is 3.46. The van der Waals surface area contributed by atoms with E-state index in [0.717, 1.165) is 18.1 Å². The van der Waals surface area contributed by atoms with Crippen LogP contribution in [0, 0.1) is 6.92 Å². The second kappa shape index (κ2) is 5.29. The fraction of sp³-hybridized carbons (Fsp3) is 0.182. The Kier molecular flexibility index (Phi) is 3.72. The highest BCUT2D eigenvalue weighted by Crippen LogP contribution is 2.07. The Morgan fingerprint density at radius 1 is 1.26 bits per heavy atom. The molecular formula is C11H13N5O2S. The van der Waals surface area contributed by atoms with Gasteiger partial charge >= 0.3 is 0 Å². The van der Waals surface area contributed by atoms with E-state index in [9.17, 15) is 8.42 Å². The first kappa shape index (κ1) is 13.4. The summed E-state index contributed by atoms with van der Waals surface area (Å²) in [7, 11) is -3.66. The maximum Gasteiger partial charge on any atom is 0.243 e. The van der Waals surface area contributed by atoms with E-state index in [1.54, 1.807) is 6.07 Å². The van der Waals surface area contributed by atoms with Gasteiger partial charge in [-0.3, -0.25) is 4.98 Å². The topological polar surface area (TPSA) is 111 Å². The standard InChI is InChI=1S/C11H13N5O2S/c1-8-3-2-4-9(16-8)5-15-19(17,18)10-6-13-11(12)14-7-10/h2-4,6-7,15H,5H2,1H3,(H2,12,13,14). The van der Waals surface area contributed by atoms with E-state index in [2.05, 4.69) is 19.7 Å². The molecule has 2 aromatic heterocycles. The van der Waals surface area contributed by atoms with Crippen molar-refractivity contribution in [2.24, 2.45) is 0 Å². The Morgan fingerprint density at radius 3 is 2.58 bits per heavy atom. The lowest BCUT2D eigenvalue weighted by Crippen LogP contribution is -2.24. The molecule has 0 amide bonds. The summed E-state index contributed by atoms with van der Waals surface area (Å²) >= 11 is 0. The number of sulfonamides is 1. The van der Waals surface area contributed by atoms with Crippen LogP contribution in [0.25, 0.3) is 0 Å². The van der Waals surface area contributed by atoms with E-state index in [1.165, 1.54) is 0 Å². The zero-order valence-corrected chi connectivity index (χ0v) is 11.1. The Hall–Kier alpha value is -2.06. The molecule has 0 saturated carbocycles. The molecule has 2 heterocycles. The van der Waals surface area contributed by atoms with Crippen LogP contribution >= 0.6 is 0 Å². The normalized spacial score (nSPS) is 11.4. The lowest BCUT2D eigenvalue weighted by atomic mass is 10.3. The number of anilines is 1. The first-order chi connectivity index (χ1) is 8.97. The molecule has 2 rings (SSSR count). The minimum atomic E-state index is -3.66. The molecule has 8 heteroatoms. The van der Waals surface area contributed by atoms with Crippen molar-refractivity contribution in [3.05, 3.63) is 42.0 Å². The largest absolute Gasteiger partial charge is 0.368 e. The lowest BCUT2D eigenvalue weighted by Gasteiger charge is -2.06. The molecule has 0 aliphatic heterocycles. The molecule has 0 fully saturated rings. The molecular weight excluding hydrogens is 266 g/mol. The summed E-state index contributed by atoms with van der Waals surface area (Å²) in [4.78, 5) is 11.5. The van der Waals surface area contributed by atoms with Gasteiger partial charge in [0.25, 0.3) is 0 Å². The molecule has 0 aliphatic carbocycles. The lowest BCUT2D eigenvalue weighted by molar-refractivity contribution is 0.579. The van der Waals surface area contributed by atoms with Crippen LogP contribution in [-0.4, -0.2) is 23.4 Å². The van der Waals surface area contributed by atoms with Crippen LogP contribution in [0.2, 0.25) is 0 Å². The van der Waals surface area contributed by atoms with E-state index < -0.39 is 10.0 Å². The molecule has 19 heavy (non-hydrogen) atoms. The fourth-order valence-corrected chi connectivity index (χ4v) is 2.30. The molecule has 3 N–H and O–H groups in total. The predicted molar refractivity (Wildman–Crippen MR) is 69.4 cm³/mol. The van der Waals surface area contributed by atoms with Gasteiger partial charge in [0.15, 0.2) is 0 Å². The summed E-state index contributed by atoms with van der Waals surface area (Å²) < 4.78 is 26.3. The quantitative estimate of drug-likeness (QED) is 0.829. The summed E-state index contributed by atoms with van der Waals surface area (Å²) in [6.45, 7) is 1.94. The smallest absolute Gasteiger partial charge is 0.243 e. The maximum absolute atomic E-state index is 11.9. The summed E-state index contributed by atoms with van der Waals surface area (Å²) in [5.74, 6) is 0.0271. The van der Waals surface area contributed by atoms with E-state index in [0.29, 0.717) is 5.69 Å². The Morgan fingerprint density at radius 2 is 1.95 bits per heavy atom. The predicted octanol–water partition coefficient (Wildman–Crippen LogP) is 0.241. The van der Waals surface area contributed by atoms with Gasteiger partial charge in [-0.2, -0.15) is 0 Å². The number of aromatic nitrogens is 3. The molecule has 0 bridgehead atoms. The van der Waals surface area contributed by atoms with Crippen LogP contribution in [0.3, 0.4) is 0 Å². The Labute approximate surface area is 111 Å². The fourth-order valence-electron chi connectivity index (χ4n) is 1.42. The van der Waals surface area contributed by atoms with Crippen LogP contribution < -0.4 is 10.5 Å². The molecule has 100 valence electrons. The van der Waals surface area contributed by atoms with Crippen molar-refractivity contribution in [3.63, 3.8) is 0 Å². The van der Waals surface area contributed by atoms with Crippen molar-refractivity contribution in [2.75, 3.05) is 5.73 Å². The van der Waals surface area contributed by atoms with E-state index in [1.807, 2.05) is 19.1 Å². The minimum Gasteiger partial charge on any atom is -0.368 e. The number of pyridine rings is 1. The molecule has 0 aliphatic rings. The summed E-state index contributed by atoms with van der Waals surface area (Å²) in [5, 5.41) is 0. The zero-order valence-electron chi connectivity index (χ0n) is 10.2. The van der Waals surface area contributed by atoms with Crippen LogP contribution in [0.1, 0.15) is 11.4 Å². The zero-order chi connectivity index (χ0) is 13.9. The van der Waals surface area contributed by atoms with Crippen molar-refractivity contribution in [1.82, 2.24) is 19.7 Å². The third-order valence-corrected chi connectivity index (χ3v) is 3.70. The van der Waals surface area contributed by atoms with Crippen molar-refractivity contribution in [1.29, 1.82) is 0 Å². The number of rotatable bonds is 4. The molecule has 0 unspecified atom stereocenters. The average molecular weight is 279 g/mol. The number of nitrogens with zero attached hydrogens (tertiary/aromatic N) is 3. The molecule has 0 spiro atoms. The SMILES string of the molecule is Cc1cccc(CNS(=O)(=O)c2cnc(N)nc2)n1. The van der Waals surface area contributed by atoms with Gasteiger partial charge in [-0.1, -0.05) is 6.07 Å². The van der Waals surface area contributed by atoms with Gasteiger partial charge in [-0.05, 0) is 19.1 Å². The molecule has 0 atom stereocenters. The van der Waals surface area contributed by atoms with Crippen LogP contribution in [0.4, 0.5) is 5.95 Å². The van der Waals surface area contributed by atoms with Crippen molar-refractivity contribution in [3.8, 4) is 0 Å². The van der Waals surface area contributed by atoms with Gasteiger partial charge in [0.1, 0.15) is 4.90 Å². The van der Waals surface area contributed by atoms with Gasteiger partial charge in [0.2, 0.25) is 16.0 Å². The second-order valence-corrected chi connectivity index (χ2v) is 5.64. The highest BCUT2D eigenvalue weighted by Gasteiger charge is 2.14. The maximum atomic E-state index is 11.9. The van der Waals surface area contributed by atoms with E-state index in [-0.39, 0.29) is 17.4 Å². The third-order valence-electron chi connectivity index (χ3n) is 2.35. The van der Waals surface area contributed by atoms with Gasteiger partial charge in [0.05, 0.1) is 24.6 Å². The van der Waals surface area contributed by atoms with Gasteiger partial charge in [-0.15, -0.1) is 0 Å². The molecule has 0 radical (unpaired) electrons. The molecule has 2 aromatic rings. The van der Waals surface area contributed by atoms with Gasteiger partial charge in [0, 0.05) is 5.69 Å². The number of aryl methyl sites for hydroxylation is 1. The summed E-state index contributed by atoms with van der Waals surface area (Å²) in [6, 6.07) is 5.40. The number of hydrogen-bond donors (Lipinski definition) is 2. The van der Waals surface area contributed by atoms with Crippen LogP contribution in [0.5, 0.6) is 0 Å². The van der Waals surface area contributed by atoms with Crippen LogP contribution in [-0.2, 0) is 16.6 Å². The highest BCUT2D eigenvalue weighted by molar-refractivity contribution is 7.89. The number of nitrogen functional groups attached to an aromatic ring is 1. The monoisotopic (exact) mass is 279 g/mol. The number of nitrogens with two attached hydrogens (primary N) is 1. The second-order valence-electron chi connectivity index (χ2n) is 3.87. The minimum absolute atomic E-state index is 0.0271. The first-order valence-electron chi connectivity index (χ1n) is 5.47. The Balaban J connectivity index is 2.12. The summed E-state index contributed by atoms with van der Waals surface area (Å²) in [5.41, 5.74) is 6.77. The van der Waals surface area contributed by atoms with Crippen molar-refractivity contribution < 1.29 is 8.42 Å².